The summed E-state index contributed by atoms with van der Waals surface area (Å²) in [5.74, 6) is 1.90. The Morgan fingerprint density at radius 1 is 0.935 bits per heavy atom. The number of hydrogen-bond acceptors (Lipinski definition) is 6. The fourth-order valence-corrected chi connectivity index (χ4v) is 3.89. The fraction of sp³-hybridized carbons (Fsp3) is 0.333. The number of carbonyl (C=O) groups is 1. The van der Waals surface area contributed by atoms with Gasteiger partial charge in [-0.25, -0.2) is 4.98 Å². The molecule has 0 saturated carbocycles. The first-order chi connectivity index (χ1) is 15.1. The number of carbonyl (C=O) groups excluding carboxylic acids is 1. The van der Waals surface area contributed by atoms with Crippen molar-refractivity contribution in [3.8, 4) is 17.2 Å². The Morgan fingerprint density at radius 3 is 2.29 bits per heavy atom. The molecule has 7 heteroatoms. The van der Waals surface area contributed by atoms with Crippen molar-refractivity contribution in [2.24, 2.45) is 0 Å². The number of ether oxygens (including phenoxy) is 3. The summed E-state index contributed by atoms with van der Waals surface area (Å²) in [5, 5.41) is 4.28. The molecule has 1 aliphatic heterocycles. The van der Waals surface area contributed by atoms with Crippen molar-refractivity contribution in [2.45, 2.75) is 19.3 Å². The highest BCUT2D eigenvalue weighted by atomic mass is 16.5. The average molecular weight is 421 g/mol. The Balaban J connectivity index is 1.80. The molecule has 7 nitrogen and oxygen atoms in total. The highest BCUT2D eigenvalue weighted by molar-refractivity contribution is 6.02. The summed E-state index contributed by atoms with van der Waals surface area (Å²) >= 11 is 0. The summed E-state index contributed by atoms with van der Waals surface area (Å²) < 4.78 is 16.3. The lowest BCUT2D eigenvalue weighted by molar-refractivity contribution is 0.0719. The summed E-state index contributed by atoms with van der Waals surface area (Å²) in [5.41, 5.74) is 2.59. The standard InChI is InChI=1S/C24H27N3O4/c1-29-17-12-16(13-18(14-17)30-2)25-20-15-21(24(28)27-10-5-4-6-11-27)26-23-19(20)8-7-9-22(23)31-3/h7-9,12-15H,4-6,10-11H2,1-3H3,(H,25,26). The van der Waals surface area contributed by atoms with Crippen molar-refractivity contribution in [3.05, 3.63) is 48.2 Å². The van der Waals surface area contributed by atoms with Crippen LogP contribution in [0.4, 0.5) is 11.4 Å². The number of nitrogens with one attached hydrogen (secondary N) is 1. The Hall–Kier alpha value is -3.48. The van der Waals surface area contributed by atoms with Gasteiger partial charge in [-0.15, -0.1) is 0 Å². The smallest absolute Gasteiger partial charge is 0.272 e. The van der Waals surface area contributed by atoms with Gasteiger partial charge in [0.25, 0.3) is 5.91 Å². The molecule has 3 aromatic rings. The third kappa shape index (κ3) is 4.35. The summed E-state index contributed by atoms with van der Waals surface area (Å²) in [6.45, 7) is 1.53. The number of pyridine rings is 1. The molecule has 0 aliphatic carbocycles. The van der Waals surface area contributed by atoms with Crippen molar-refractivity contribution < 1.29 is 19.0 Å². The normalized spacial score (nSPS) is 13.7. The predicted molar refractivity (Wildman–Crippen MR) is 121 cm³/mol. The van der Waals surface area contributed by atoms with Crippen LogP contribution in [-0.4, -0.2) is 50.2 Å². The maximum absolute atomic E-state index is 13.2. The number of rotatable bonds is 6. The van der Waals surface area contributed by atoms with Gasteiger partial charge in [-0.1, -0.05) is 12.1 Å². The molecule has 1 N–H and O–H groups in total. The third-order valence-electron chi connectivity index (χ3n) is 5.52. The minimum absolute atomic E-state index is 0.0567. The van der Waals surface area contributed by atoms with Crippen molar-refractivity contribution in [3.63, 3.8) is 0 Å². The van der Waals surface area contributed by atoms with Crippen LogP contribution in [0.1, 0.15) is 29.8 Å². The van der Waals surface area contributed by atoms with Crippen LogP contribution in [0.3, 0.4) is 0 Å². The second-order valence-corrected chi connectivity index (χ2v) is 7.49. The largest absolute Gasteiger partial charge is 0.497 e. The van der Waals surface area contributed by atoms with E-state index in [0.717, 1.165) is 49.1 Å². The Labute approximate surface area is 181 Å². The number of benzene rings is 2. The number of para-hydroxylation sites is 1. The predicted octanol–water partition coefficient (Wildman–Crippen LogP) is 4.63. The van der Waals surface area contributed by atoms with Crippen LogP contribution in [0, 0.1) is 0 Å². The molecule has 1 saturated heterocycles. The number of methoxy groups -OCH3 is 3. The van der Waals surface area contributed by atoms with Gasteiger partial charge in [-0.05, 0) is 31.4 Å². The first-order valence-electron chi connectivity index (χ1n) is 10.4. The maximum atomic E-state index is 13.2. The molecule has 162 valence electrons. The van der Waals surface area contributed by atoms with Crippen molar-refractivity contribution in [1.29, 1.82) is 0 Å². The van der Waals surface area contributed by atoms with Crippen LogP contribution in [0.5, 0.6) is 17.2 Å². The Morgan fingerprint density at radius 2 is 1.65 bits per heavy atom. The van der Waals surface area contributed by atoms with E-state index in [0.29, 0.717) is 28.5 Å². The molecule has 0 unspecified atom stereocenters. The Bertz CT molecular complexity index is 1070. The molecule has 0 radical (unpaired) electrons. The number of anilines is 2. The number of likely N-dealkylation sites (tertiary alicyclic amines) is 1. The van der Waals surface area contributed by atoms with Gasteiger partial charge in [-0.3, -0.25) is 4.79 Å². The van der Waals surface area contributed by atoms with E-state index in [-0.39, 0.29) is 5.91 Å². The zero-order valence-electron chi connectivity index (χ0n) is 18.1. The second-order valence-electron chi connectivity index (χ2n) is 7.49. The fourth-order valence-electron chi connectivity index (χ4n) is 3.89. The molecule has 1 fully saturated rings. The molecule has 31 heavy (non-hydrogen) atoms. The van der Waals surface area contributed by atoms with Crippen LogP contribution in [0.25, 0.3) is 10.9 Å². The van der Waals surface area contributed by atoms with E-state index in [1.165, 1.54) is 0 Å². The van der Waals surface area contributed by atoms with Gasteiger partial charge in [0.05, 0.1) is 27.0 Å². The number of hydrogen-bond donors (Lipinski definition) is 1. The van der Waals surface area contributed by atoms with Crippen LogP contribution in [-0.2, 0) is 0 Å². The summed E-state index contributed by atoms with van der Waals surface area (Å²) in [6.07, 6.45) is 3.21. The SMILES string of the molecule is COc1cc(Nc2cc(C(=O)N3CCCCC3)nc3c(OC)cccc23)cc(OC)c1. The van der Waals surface area contributed by atoms with E-state index in [1.54, 1.807) is 21.3 Å². The highest BCUT2D eigenvalue weighted by Gasteiger charge is 2.22. The number of nitrogens with zero attached hydrogens (tertiary/aromatic N) is 2. The molecule has 2 aromatic carbocycles. The minimum atomic E-state index is -0.0567. The average Bonchev–Trinajstić information content (AvgIpc) is 2.83. The summed E-state index contributed by atoms with van der Waals surface area (Å²) in [4.78, 5) is 19.8. The van der Waals surface area contributed by atoms with Crippen LogP contribution < -0.4 is 19.5 Å². The Kier molecular flexibility index (Phi) is 6.11. The number of aromatic nitrogens is 1. The van der Waals surface area contributed by atoms with E-state index in [1.807, 2.05) is 47.4 Å². The molecule has 1 aliphatic rings. The molecular formula is C24H27N3O4. The third-order valence-corrected chi connectivity index (χ3v) is 5.52. The quantitative estimate of drug-likeness (QED) is 0.626. The zero-order valence-corrected chi connectivity index (χ0v) is 18.1. The van der Waals surface area contributed by atoms with Gasteiger partial charge in [0.15, 0.2) is 0 Å². The van der Waals surface area contributed by atoms with Crippen LogP contribution >= 0.6 is 0 Å². The van der Waals surface area contributed by atoms with Crippen molar-refractivity contribution in [1.82, 2.24) is 9.88 Å². The number of piperidine rings is 1. The molecule has 4 rings (SSSR count). The molecule has 0 spiro atoms. The topological polar surface area (TPSA) is 72.9 Å². The maximum Gasteiger partial charge on any atom is 0.272 e. The molecule has 0 atom stereocenters. The lowest BCUT2D eigenvalue weighted by atomic mass is 10.1. The zero-order chi connectivity index (χ0) is 21.8. The van der Waals surface area contributed by atoms with Gasteiger partial charge < -0.3 is 24.4 Å². The lowest BCUT2D eigenvalue weighted by Gasteiger charge is -2.26. The number of fused-ring (bicyclic) bond motifs is 1. The van der Waals surface area contributed by atoms with Crippen LogP contribution in [0.15, 0.2) is 42.5 Å². The molecule has 0 bridgehead atoms. The van der Waals surface area contributed by atoms with Gasteiger partial charge in [0, 0.05) is 42.4 Å². The first kappa shape index (κ1) is 20.8. The highest BCUT2D eigenvalue weighted by Crippen LogP contribution is 2.34. The molecule has 1 aromatic heterocycles. The van der Waals surface area contributed by atoms with Gasteiger partial charge in [0.1, 0.15) is 28.5 Å². The van der Waals surface area contributed by atoms with E-state index < -0.39 is 0 Å². The monoisotopic (exact) mass is 421 g/mol. The van der Waals surface area contributed by atoms with Gasteiger partial charge >= 0.3 is 0 Å². The van der Waals surface area contributed by atoms with Crippen molar-refractivity contribution in [2.75, 3.05) is 39.7 Å². The summed E-state index contributed by atoms with van der Waals surface area (Å²) in [6, 6.07) is 13.1. The van der Waals surface area contributed by atoms with E-state index in [4.69, 9.17) is 14.2 Å². The van der Waals surface area contributed by atoms with Crippen molar-refractivity contribution >= 4 is 28.2 Å². The van der Waals surface area contributed by atoms with Gasteiger partial charge in [0.2, 0.25) is 0 Å². The molecular weight excluding hydrogens is 394 g/mol. The second kappa shape index (κ2) is 9.12. The van der Waals surface area contributed by atoms with Crippen LogP contribution in [0.2, 0.25) is 0 Å². The molecule has 2 heterocycles. The lowest BCUT2D eigenvalue weighted by Crippen LogP contribution is -2.36. The number of amides is 1. The van der Waals surface area contributed by atoms with E-state index in [2.05, 4.69) is 10.3 Å². The molecule has 1 amide bonds. The minimum Gasteiger partial charge on any atom is -0.497 e. The van der Waals surface area contributed by atoms with E-state index >= 15 is 0 Å². The first-order valence-corrected chi connectivity index (χ1v) is 10.4. The van der Waals surface area contributed by atoms with Gasteiger partial charge in [-0.2, -0.15) is 0 Å². The summed E-state index contributed by atoms with van der Waals surface area (Å²) in [7, 11) is 4.83. The van der Waals surface area contributed by atoms with E-state index in [9.17, 15) is 4.79 Å².